The first-order chi connectivity index (χ1) is 5.16. The van der Waals surface area contributed by atoms with E-state index in [1.807, 2.05) is 0 Å². The highest BCUT2D eigenvalue weighted by molar-refractivity contribution is 9.10. The molecule has 2 N–H and O–H groups in total. The summed E-state index contributed by atoms with van der Waals surface area (Å²) in [5, 5.41) is 0.505. The van der Waals surface area contributed by atoms with Crippen LogP contribution in [0.25, 0.3) is 0 Å². The van der Waals surface area contributed by atoms with Crippen molar-refractivity contribution in [3.05, 3.63) is 21.6 Å². The minimum absolute atomic E-state index is 0.462. The highest BCUT2D eigenvalue weighted by Gasteiger charge is 2.06. The maximum atomic E-state index is 5.74. The van der Waals surface area contributed by atoms with E-state index in [1.165, 1.54) is 0 Å². The van der Waals surface area contributed by atoms with Crippen molar-refractivity contribution in [2.75, 3.05) is 12.8 Å². The predicted molar refractivity (Wildman–Crippen MR) is 50.1 cm³/mol. The second kappa shape index (κ2) is 3.32. The van der Waals surface area contributed by atoms with E-state index in [0.29, 0.717) is 16.5 Å². The van der Waals surface area contributed by atoms with Gasteiger partial charge in [0.15, 0.2) is 5.75 Å². The topological polar surface area (TPSA) is 35.2 Å². The van der Waals surface area contributed by atoms with E-state index in [0.717, 1.165) is 4.47 Å². The van der Waals surface area contributed by atoms with E-state index in [1.54, 1.807) is 19.2 Å². The molecule has 1 aromatic carbocycles. The Hall–Kier alpha value is -0.410. The van der Waals surface area contributed by atoms with E-state index in [2.05, 4.69) is 15.9 Å². The summed E-state index contributed by atoms with van der Waals surface area (Å²) in [6.45, 7) is 0. The van der Waals surface area contributed by atoms with Gasteiger partial charge in [-0.2, -0.15) is 0 Å². The molecule has 4 heteroatoms. The Bertz CT molecular complexity index is 277. The summed E-state index contributed by atoms with van der Waals surface area (Å²) >= 11 is 9.02. The zero-order chi connectivity index (χ0) is 8.43. The number of methoxy groups -OCH3 is 1. The van der Waals surface area contributed by atoms with Crippen LogP contribution in [0, 0.1) is 0 Å². The predicted octanol–water partition coefficient (Wildman–Crippen LogP) is 2.69. The van der Waals surface area contributed by atoms with E-state index in [-0.39, 0.29) is 0 Å². The summed E-state index contributed by atoms with van der Waals surface area (Å²) in [4.78, 5) is 0. The molecule has 0 fully saturated rings. The molecular formula is C7H7BrClNO. The van der Waals surface area contributed by atoms with Crippen LogP contribution in [-0.2, 0) is 0 Å². The molecule has 0 aromatic heterocycles. The van der Waals surface area contributed by atoms with Crippen molar-refractivity contribution < 1.29 is 4.74 Å². The minimum atomic E-state index is 0.462. The van der Waals surface area contributed by atoms with Crippen molar-refractivity contribution >= 4 is 33.2 Å². The molecule has 0 amide bonds. The van der Waals surface area contributed by atoms with Crippen LogP contribution < -0.4 is 10.5 Å². The first-order valence-corrected chi connectivity index (χ1v) is 4.11. The number of benzene rings is 1. The van der Waals surface area contributed by atoms with Crippen LogP contribution in [0.1, 0.15) is 0 Å². The van der Waals surface area contributed by atoms with E-state index in [4.69, 9.17) is 22.1 Å². The van der Waals surface area contributed by atoms with Gasteiger partial charge in [0, 0.05) is 0 Å². The van der Waals surface area contributed by atoms with Crippen LogP contribution in [0.15, 0.2) is 16.6 Å². The smallest absolute Gasteiger partial charge is 0.157 e. The molecule has 0 saturated heterocycles. The zero-order valence-electron chi connectivity index (χ0n) is 5.90. The third kappa shape index (κ3) is 1.60. The van der Waals surface area contributed by atoms with Crippen molar-refractivity contribution in [2.24, 2.45) is 0 Å². The number of nitrogen functional groups attached to an aromatic ring is 1. The van der Waals surface area contributed by atoms with E-state index < -0.39 is 0 Å². The van der Waals surface area contributed by atoms with Gasteiger partial charge in [-0.05, 0) is 28.1 Å². The van der Waals surface area contributed by atoms with Crippen LogP contribution in [0.3, 0.4) is 0 Å². The normalized spacial score (nSPS) is 9.73. The minimum Gasteiger partial charge on any atom is -0.493 e. The Labute approximate surface area is 78.4 Å². The lowest BCUT2D eigenvalue weighted by atomic mass is 10.3. The third-order valence-electron chi connectivity index (χ3n) is 1.30. The lowest BCUT2D eigenvalue weighted by Gasteiger charge is -2.07. The quantitative estimate of drug-likeness (QED) is 0.761. The monoisotopic (exact) mass is 235 g/mol. The van der Waals surface area contributed by atoms with Crippen molar-refractivity contribution in [3.63, 3.8) is 0 Å². The first kappa shape index (κ1) is 8.68. The highest BCUT2D eigenvalue weighted by Crippen LogP contribution is 2.35. The van der Waals surface area contributed by atoms with Gasteiger partial charge in [-0.3, -0.25) is 0 Å². The van der Waals surface area contributed by atoms with Crippen molar-refractivity contribution in [1.82, 2.24) is 0 Å². The summed E-state index contributed by atoms with van der Waals surface area (Å²) in [7, 11) is 1.55. The molecule has 11 heavy (non-hydrogen) atoms. The Kier molecular flexibility index (Phi) is 2.62. The molecule has 60 valence electrons. The van der Waals surface area contributed by atoms with Gasteiger partial charge in [0.1, 0.15) is 0 Å². The largest absolute Gasteiger partial charge is 0.493 e. The van der Waals surface area contributed by atoms with Crippen molar-refractivity contribution in [3.8, 4) is 5.75 Å². The van der Waals surface area contributed by atoms with Crippen LogP contribution in [0.5, 0.6) is 5.75 Å². The van der Waals surface area contributed by atoms with Crippen molar-refractivity contribution in [1.29, 1.82) is 0 Å². The number of hydrogen-bond acceptors (Lipinski definition) is 2. The summed E-state index contributed by atoms with van der Waals surface area (Å²) in [5.74, 6) is 0.581. The summed E-state index contributed by atoms with van der Waals surface area (Å²) in [6, 6.07) is 3.50. The van der Waals surface area contributed by atoms with Gasteiger partial charge >= 0.3 is 0 Å². The summed E-state index contributed by atoms with van der Waals surface area (Å²) in [5.41, 5.74) is 6.07. The number of halogens is 2. The lowest BCUT2D eigenvalue weighted by Crippen LogP contribution is -1.93. The summed E-state index contributed by atoms with van der Waals surface area (Å²) in [6.07, 6.45) is 0. The molecular weight excluding hydrogens is 229 g/mol. The average molecular weight is 236 g/mol. The number of hydrogen-bond donors (Lipinski definition) is 1. The van der Waals surface area contributed by atoms with Gasteiger partial charge < -0.3 is 10.5 Å². The van der Waals surface area contributed by atoms with Gasteiger partial charge in [-0.15, -0.1) is 0 Å². The van der Waals surface area contributed by atoms with Crippen molar-refractivity contribution in [2.45, 2.75) is 0 Å². The van der Waals surface area contributed by atoms with E-state index in [9.17, 15) is 0 Å². The maximum absolute atomic E-state index is 5.74. The van der Waals surface area contributed by atoms with E-state index >= 15 is 0 Å². The lowest BCUT2D eigenvalue weighted by molar-refractivity contribution is 0.414. The average Bonchev–Trinajstić information content (AvgIpc) is 1.99. The van der Waals surface area contributed by atoms with Gasteiger partial charge in [0.25, 0.3) is 0 Å². The molecule has 0 aliphatic rings. The first-order valence-electron chi connectivity index (χ1n) is 2.94. The fourth-order valence-electron chi connectivity index (χ4n) is 0.756. The number of ether oxygens (including phenoxy) is 1. The third-order valence-corrected chi connectivity index (χ3v) is 2.25. The Morgan fingerprint density at radius 2 is 2.18 bits per heavy atom. The maximum Gasteiger partial charge on any atom is 0.157 e. The zero-order valence-corrected chi connectivity index (χ0v) is 8.24. The molecule has 0 spiro atoms. The molecule has 0 saturated carbocycles. The summed E-state index contributed by atoms with van der Waals surface area (Å²) < 4.78 is 5.81. The molecule has 0 aliphatic carbocycles. The molecule has 0 unspecified atom stereocenters. The molecule has 0 heterocycles. The molecule has 0 radical (unpaired) electrons. The Balaban J connectivity index is 3.29. The fourth-order valence-corrected chi connectivity index (χ4v) is 1.41. The highest BCUT2D eigenvalue weighted by atomic mass is 79.9. The molecule has 1 rings (SSSR count). The molecule has 0 bridgehead atoms. The molecule has 0 aliphatic heterocycles. The Morgan fingerprint density at radius 1 is 1.55 bits per heavy atom. The molecule has 1 aromatic rings. The van der Waals surface area contributed by atoms with Gasteiger partial charge in [0.2, 0.25) is 0 Å². The van der Waals surface area contributed by atoms with Gasteiger partial charge in [0.05, 0.1) is 22.3 Å². The van der Waals surface area contributed by atoms with Crippen LogP contribution in [0.2, 0.25) is 5.02 Å². The van der Waals surface area contributed by atoms with Crippen LogP contribution in [-0.4, -0.2) is 7.11 Å². The van der Waals surface area contributed by atoms with Crippen LogP contribution in [0.4, 0.5) is 5.69 Å². The second-order valence-corrected chi connectivity index (χ2v) is 3.24. The molecule has 2 nitrogen and oxygen atoms in total. The van der Waals surface area contributed by atoms with Gasteiger partial charge in [-0.1, -0.05) is 11.6 Å². The molecule has 0 atom stereocenters. The van der Waals surface area contributed by atoms with Crippen LogP contribution >= 0.6 is 27.5 Å². The fraction of sp³-hybridized carbons (Fsp3) is 0.143. The number of anilines is 1. The Morgan fingerprint density at radius 3 is 2.64 bits per heavy atom. The second-order valence-electron chi connectivity index (χ2n) is 1.98. The SMILES string of the molecule is COc1c(Br)ccc(Cl)c1N. The standard InChI is InChI=1S/C7H7BrClNO/c1-11-7-4(8)2-3-5(9)6(7)10/h2-3H,10H2,1H3. The number of nitrogens with two attached hydrogens (primary N) is 1. The van der Waals surface area contributed by atoms with Gasteiger partial charge in [-0.25, -0.2) is 0 Å². The number of rotatable bonds is 1.